The smallest absolute Gasteiger partial charge is 0.330 e. The number of aryl methyl sites for hydroxylation is 1. The van der Waals surface area contributed by atoms with Gasteiger partial charge in [0.1, 0.15) is 0 Å². The number of hydrogen-bond donors (Lipinski definition) is 1. The number of aromatic nitrogens is 2. The minimum atomic E-state index is -0.399. The van der Waals surface area contributed by atoms with Gasteiger partial charge in [-0.05, 0) is 38.5 Å². The topological polar surface area (TPSA) is 73.2 Å². The molecule has 2 rings (SSSR count). The number of nitrogens with one attached hydrogen (secondary N) is 1. The van der Waals surface area contributed by atoms with Crippen LogP contribution in [0.1, 0.15) is 33.9 Å². The van der Waals surface area contributed by atoms with Gasteiger partial charge in [-0.15, -0.1) is 0 Å². The molecule has 0 saturated heterocycles. The quantitative estimate of drug-likeness (QED) is 0.477. The van der Waals surface area contributed by atoms with Crippen molar-refractivity contribution in [1.29, 1.82) is 0 Å². The van der Waals surface area contributed by atoms with Gasteiger partial charge in [-0.1, -0.05) is 12.1 Å². The van der Waals surface area contributed by atoms with Gasteiger partial charge < -0.3 is 14.6 Å². The highest BCUT2D eigenvalue weighted by atomic mass is 16.5. The summed E-state index contributed by atoms with van der Waals surface area (Å²) < 4.78 is 6.58. The number of rotatable bonds is 7. The fourth-order valence-electron chi connectivity index (χ4n) is 2.54. The number of hydrogen-bond acceptors (Lipinski definition) is 4. The Balaban J connectivity index is 1.98. The average molecular weight is 341 g/mol. The van der Waals surface area contributed by atoms with Crippen LogP contribution >= 0.6 is 0 Å². The predicted octanol–water partition coefficient (Wildman–Crippen LogP) is 2.40. The van der Waals surface area contributed by atoms with Crippen molar-refractivity contribution in [2.45, 2.75) is 26.8 Å². The number of methoxy groups -OCH3 is 1. The highest BCUT2D eigenvalue weighted by Gasteiger charge is 2.15. The zero-order valence-corrected chi connectivity index (χ0v) is 14.8. The van der Waals surface area contributed by atoms with Crippen LogP contribution in [0.3, 0.4) is 0 Å². The summed E-state index contributed by atoms with van der Waals surface area (Å²) in [5.41, 5.74) is 3.53. The maximum Gasteiger partial charge on any atom is 0.330 e. The third-order valence-electron chi connectivity index (χ3n) is 3.92. The van der Waals surface area contributed by atoms with Crippen LogP contribution in [0, 0.1) is 13.8 Å². The van der Waals surface area contributed by atoms with E-state index in [0.717, 1.165) is 17.1 Å². The first-order chi connectivity index (χ1) is 12.0. The number of carbonyl (C=O) groups excluding carboxylic acids is 2. The summed E-state index contributed by atoms with van der Waals surface area (Å²) in [6.07, 6.45) is 5.35. The van der Waals surface area contributed by atoms with Crippen LogP contribution in [0.2, 0.25) is 0 Å². The molecule has 0 atom stereocenters. The summed E-state index contributed by atoms with van der Waals surface area (Å²) in [5, 5.41) is 2.86. The van der Waals surface area contributed by atoms with E-state index in [0.29, 0.717) is 25.1 Å². The van der Waals surface area contributed by atoms with E-state index < -0.39 is 5.97 Å². The average Bonchev–Trinajstić information content (AvgIpc) is 2.90. The second-order valence-electron chi connectivity index (χ2n) is 5.66. The third kappa shape index (κ3) is 5.04. The van der Waals surface area contributed by atoms with Crippen LogP contribution in [-0.4, -0.2) is 35.1 Å². The van der Waals surface area contributed by atoms with E-state index in [9.17, 15) is 9.59 Å². The number of esters is 1. The molecule has 0 aliphatic rings. The van der Waals surface area contributed by atoms with E-state index in [1.165, 1.54) is 13.2 Å². The molecule has 0 unspecified atom stereocenters. The molecule has 0 bridgehead atoms. The Hall–Kier alpha value is -2.89. The molecule has 2 aromatic heterocycles. The lowest BCUT2D eigenvalue weighted by Gasteiger charge is -2.09. The summed E-state index contributed by atoms with van der Waals surface area (Å²) in [4.78, 5) is 27.7. The highest BCUT2D eigenvalue weighted by Crippen LogP contribution is 2.16. The normalized spacial score (nSPS) is 10.8. The van der Waals surface area contributed by atoms with Crippen LogP contribution < -0.4 is 5.32 Å². The summed E-state index contributed by atoms with van der Waals surface area (Å²) in [7, 11) is 1.33. The lowest BCUT2D eigenvalue weighted by molar-refractivity contribution is -0.134. The van der Waals surface area contributed by atoms with E-state index in [2.05, 4.69) is 19.6 Å². The van der Waals surface area contributed by atoms with E-state index >= 15 is 0 Å². The molecule has 0 aromatic carbocycles. The second kappa shape index (κ2) is 8.82. The summed E-state index contributed by atoms with van der Waals surface area (Å²) >= 11 is 0. The molecule has 1 amide bonds. The molecule has 132 valence electrons. The maximum absolute atomic E-state index is 12.4. The first kappa shape index (κ1) is 18.4. The van der Waals surface area contributed by atoms with Gasteiger partial charge in [0.2, 0.25) is 0 Å². The fourth-order valence-corrected chi connectivity index (χ4v) is 2.54. The van der Waals surface area contributed by atoms with Gasteiger partial charge in [0, 0.05) is 30.2 Å². The molecule has 2 aromatic rings. The molecule has 6 nitrogen and oxygen atoms in total. The van der Waals surface area contributed by atoms with Crippen molar-refractivity contribution < 1.29 is 14.3 Å². The zero-order valence-electron chi connectivity index (χ0n) is 14.8. The van der Waals surface area contributed by atoms with Gasteiger partial charge in [-0.3, -0.25) is 9.78 Å². The molecule has 0 fully saturated rings. The van der Waals surface area contributed by atoms with Crippen LogP contribution in [0.5, 0.6) is 0 Å². The molecule has 6 heteroatoms. The molecule has 0 aliphatic heterocycles. The number of ether oxygens (including phenoxy) is 1. The van der Waals surface area contributed by atoms with Crippen molar-refractivity contribution in [3.05, 3.63) is 65.3 Å². The van der Waals surface area contributed by atoms with Gasteiger partial charge in [-0.25, -0.2) is 4.79 Å². The standard InChI is InChI=1S/C19H23N3O3/c1-14-12-17(19(24)21-11-7-5-9-18(23)25-3)15(2)22(14)13-16-8-4-6-10-20-16/h4-6,8-10,12H,7,11,13H2,1-3H3,(H,21,24)/b9-5+. The van der Waals surface area contributed by atoms with Gasteiger partial charge >= 0.3 is 5.97 Å². The molecule has 1 N–H and O–H groups in total. The van der Waals surface area contributed by atoms with Crippen molar-refractivity contribution >= 4 is 11.9 Å². The van der Waals surface area contributed by atoms with Crippen molar-refractivity contribution in [1.82, 2.24) is 14.9 Å². The summed E-state index contributed by atoms with van der Waals surface area (Å²) in [5.74, 6) is -0.517. The Labute approximate surface area is 147 Å². The molecule has 0 spiro atoms. The van der Waals surface area contributed by atoms with Gasteiger partial charge in [-0.2, -0.15) is 0 Å². The Kier molecular flexibility index (Phi) is 6.51. The predicted molar refractivity (Wildman–Crippen MR) is 95.4 cm³/mol. The number of pyridine rings is 1. The summed E-state index contributed by atoms with van der Waals surface area (Å²) in [6, 6.07) is 7.68. The molecular weight excluding hydrogens is 318 g/mol. The Morgan fingerprint density at radius 2 is 2.12 bits per heavy atom. The van der Waals surface area contributed by atoms with Crippen molar-refractivity contribution in [2.24, 2.45) is 0 Å². The lowest BCUT2D eigenvalue weighted by atomic mass is 10.2. The number of nitrogens with zero attached hydrogens (tertiary/aromatic N) is 2. The molecule has 2 heterocycles. The van der Waals surface area contributed by atoms with Crippen molar-refractivity contribution in [3.63, 3.8) is 0 Å². The number of amides is 1. The van der Waals surface area contributed by atoms with Crippen LogP contribution in [0.4, 0.5) is 0 Å². The Morgan fingerprint density at radius 3 is 2.80 bits per heavy atom. The molecule has 0 aliphatic carbocycles. The second-order valence-corrected chi connectivity index (χ2v) is 5.66. The largest absolute Gasteiger partial charge is 0.466 e. The van der Waals surface area contributed by atoms with E-state index in [1.54, 1.807) is 12.3 Å². The SMILES string of the molecule is COC(=O)/C=C/CCNC(=O)c1cc(C)n(Cc2ccccn2)c1C. The third-order valence-corrected chi connectivity index (χ3v) is 3.92. The van der Waals surface area contributed by atoms with Gasteiger partial charge in [0.15, 0.2) is 0 Å². The maximum atomic E-state index is 12.4. The molecule has 0 radical (unpaired) electrons. The Morgan fingerprint density at radius 1 is 1.32 bits per heavy atom. The van der Waals surface area contributed by atoms with E-state index in [4.69, 9.17) is 0 Å². The fraction of sp³-hybridized carbons (Fsp3) is 0.316. The van der Waals surface area contributed by atoms with E-state index in [1.807, 2.05) is 38.1 Å². The van der Waals surface area contributed by atoms with Crippen molar-refractivity contribution in [2.75, 3.05) is 13.7 Å². The van der Waals surface area contributed by atoms with E-state index in [-0.39, 0.29) is 5.91 Å². The number of carbonyl (C=O) groups is 2. The zero-order chi connectivity index (χ0) is 18.2. The first-order valence-electron chi connectivity index (χ1n) is 8.12. The molecular formula is C19H23N3O3. The minimum Gasteiger partial charge on any atom is -0.466 e. The first-order valence-corrected chi connectivity index (χ1v) is 8.12. The van der Waals surface area contributed by atoms with Crippen LogP contribution in [0.25, 0.3) is 0 Å². The minimum absolute atomic E-state index is 0.119. The summed E-state index contributed by atoms with van der Waals surface area (Å²) in [6.45, 7) is 5.00. The lowest BCUT2D eigenvalue weighted by Crippen LogP contribution is -2.24. The van der Waals surface area contributed by atoms with Gasteiger partial charge in [0.05, 0.1) is 24.9 Å². The molecule has 0 saturated carbocycles. The molecule has 25 heavy (non-hydrogen) atoms. The van der Waals surface area contributed by atoms with Crippen LogP contribution in [-0.2, 0) is 16.1 Å². The van der Waals surface area contributed by atoms with Gasteiger partial charge in [0.25, 0.3) is 5.91 Å². The highest BCUT2D eigenvalue weighted by molar-refractivity contribution is 5.95. The van der Waals surface area contributed by atoms with Crippen LogP contribution in [0.15, 0.2) is 42.6 Å². The van der Waals surface area contributed by atoms with Crippen molar-refractivity contribution in [3.8, 4) is 0 Å². The monoisotopic (exact) mass is 341 g/mol. The Bertz CT molecular complexity index is 764.